The van der Waals surface area contributed by atoms with Crippen LogP contribution in [0.15, 0.2) is 46.9 Å². The fourth-order valence-corrected chi connectivity index (χ4v) is 2.40. The Kier molecular flexibility index (Phi) is 4.04. The first-order valence-electron chi connectivity index (χ1n) is 7.01. The van der Waals surface area contributed by atoms with Crippen LogP contribution in [-0.4, -0.2) is 29.2 Å². The second kappa shape index (κ2) is 6.11. The molecule has 106 valence electrons. The number of aliphatic hydroxyl groups is 1. The predicted octanol–water partition coefficient (Wildman–Crippen LogP) is 3.03. The van der Waals surface area contributed by atoms with E-state index in [-0.39, 0.29) is 6.10 Å². The van der Waals surface area contributed by atoms with E-state index in [9.17, 15) is 5.11 Å². The third-order valence-corrected chi connectivity index (χ3v) is 3.54. The molecular formula is C16H19NO3. The van der Waals surface area contributed by atoms with E-state index in [1.54, 1.807) is 0 Å². The van der Waals surface area contributed by atoms with Crippen molar-refractivity contribution in [2.24, 2.45) is 0 Å². The highest BCUT2D eigenvalue weighted by Crippen LogP contribution is 2.24. The number of ether oxygens (including phenoxy) is 1. The monoisotopic (exact) mass is 273 g/mol. The second-order valence-corrected chi connectivity index (χ2v) is 5.14. The fraction of sp³-hybridized carbons (Fsp3) is 0.375. The third-order valence-electron chi connectivity index (χ3n) is 3.54. The van der Waals surface area contributed by atoms with E-state index in [1.165, 1.54) is 0 Å². The van der Waals surface area contributed by atoms with Crippen LogP contribution in [0.25, 0.3) is 0 Å². The van der Waals surface area contributed by atoms with E-state index >= 15 is 0 Å². The first-order chi connectivity index (χ1) is 9.79. The molecule has 0 spiro atoms. The van der Waals surface area contributed by atoms with Gasteiger partial charge in [-0.15, -0.1) is 0 Å². The Labute approximate surface area is 118 Å². The lowest BCUT2D eigenvalue weighted by Gasteiger charge is -2.28. The Morgan fingerprint density at radius 1 is 1.10 bits per heavy atom. The molecule has 2 heterocycles. The third kappa shape index (κ3) is 3.40. The van der Waals surface area contributed by atoms with Gasteiger partial charge in [-0.25, -0.2) is 0 Å². The van der Waals surface area contributed by atoms with Gasteiger partial charge in [-0.1, -0.05) is 18.2 Å². The van der Waals surface area contributed by atoms with E-state index in [4.69, 9.17) is 9.15 Å². The zero-order valence-electron chi connectivity index (χ0n) is 11.4. The molecule has 1 fully saturated rings. The maximum atomic E-state index is 9.49. The number of furan rings is 1. The molecule has 2 aromatic rings. The summed E-state index contributed by atoms with van der Waals surface area (Å²) in [5.74, 6) is 2.19. The summed E-state index contributed by atoms with van der Waals surface area (Å²) in [4.78, 5) is 2.29. The van der Waals surface area contributed by atoms with Gasteiger partial charge in [0.15, 0.2) is 0 Å². The van der Waals surface area contributed by atoms with Gasteiger partial charge in [-0.3, -0.25) is 4.90 Å². The van der Waals surface area contributed by atoms with E-state index in [0.717, 1.165) is 44.0 Å². The van der Waals surface area contributed by atoms with Crippen molar-refractivity contribution in [1.82, 2.24) is 4.90 Å². The summed E-state index contributed by atoms with van der Waals surface area (Å²) in [6.45, 7) is 2.60. The topological polar surface area (TPSA) is 45.8 Å². The minimum absolute atomic E-state index is 0.139. The Bertz CT molecular complexity index is 530. The molecule has 0 radical (unpaired) electrons. The Morgan fingerprint density at radius 3 is 2.60 bits per heavy atom. The molecule has 0 aliphatic carbocycles. The Balaban J connectivity index is 1.57. The zero-order valence-corrected chi connectivity index (χ0v) is 11.4. The maximum Gasteiger partial charge on any atom is 0.290 e. The molecule has 1 aliphatic heterocycles. The molecule has 1 aliphatic rings. The predicted molar refractivity (Wildman–Crippen MR) is 75.7 cm³/mol. The molecule has 3 rings (SSSR count). The van der Waals surface area contributed by atoms with Gasteiger partial charge in [-0.2, -0.15) is 0 Å². The van der Waals surface area contributed by atoms with Crippen LogP contribution >= 0.6 is 0 Å². The highest BCUT2D eigenvalue weighted by atomic mass is 16.6. The number of para-hydroxylation sites is 1. The molecule has 20 heavy (non-hydrogen) atoms. The first-order valence-corrected chi connectivity index (χ1v) is 7.01. The van der Waals surface area contributed by atoms with Gasteiger partial charge in [0, 0.05) is 19.2 Å². The fourth-order valence-electron chi connectivity index (χ4n) is 2.40. The normalized spacial score (nSPS) is 17.2. The average Bonchev–Trinajstić information content (AvgIpc) is 2.90. The van der Waals surface area contributed by atoms with Crippen LogP contribution in [-0.2, 0) is 6.54 Å². The molecule has 0 amide bonds. The summed E-state index contributed by atoms with van der Waals surface area (Å²) in [5.41, 5.74) is 0. The first kappa shape index (κ1) is 13.2. The van der Waals surface area contributed by atoms with Crippen molar-refractivity contribution in [3.8, 4) is 11.7 Å². The Morgan fingerprint density at radius 2 is 1.85 bits per heavy atom. The van der Waals surface area contributed by atoms with E-state index in [1.807, 2.05) is 42.5 Å². The lowest BCUT2D eigenvalue weighted by atomic mass is 10.1. The van der Waals surface area contributed by atoms with Gasteiger partial charge in [-0.05, 0) is 31.0 Å². The second-order valence-electron chi connectivity index (χ2n) is 5.14. The summed E-state index contributed by atoms with van der Waals surface area (Å²) >= 11 is 0. The van der Waals surface area contributed by atoms with Gasteiger partial charge in [0.05, 0.1) is 12.6 Å². The van der Waals surface area contributed by atoms with Crippen LogP contribution in [0.2, 0.25) is 0 Å². The molecule has 0 bridgehead atoms. The van der Waals surface area contributed by atoms with E-state index < -0.39 is 0 Å². The molecule has 4 nitrogen and oxygen atoms in total. The van der Waals surface area contributed by atoms with Gasteiger partial charge < -0.3 is 14.3 Å². The zero-order chi connectivity index (χ0) is 13.8. The average molecular weight is 273 g/mol. The Hall–Kier alpha value is -1.78. The van der Waals surface area contributed by atoms with Crippen LogP contribution in [0, 0.1) is 0 Å². The summed E-state index contributed by atoms with van der Waals surface area (Å²) in [5, 5.41) is 9.49. The number of likely N-dealkylation sites (tertiary alicyclic amines) is 1. The maximum absolute atomic E-state index is 9.49. The minimum atomic E-state index is -0.139. The van der Waals surface area contributed by atoms with Crippen LogP contribution in [0.4, 0.5) is 0 Å². The van der Waals surface area contributed by atoms with Crippen molar-refractivity contribution < 1.29 is 14.3 Å². The van der Waals surface area contributed by atoms with Crippen LogP contribution in [0.3, 0.4) is 0 Å². The molecule has 0 saturated carbocycles. The summed E-state index contributed by atoms with van der Waals surface area (Å²) in [6, 6.07) is 13.4. The summed E-state index contributed by atoms with van der Waals surface area (Å²) in [7, 11) is 0. The lowest BCUT2D eigenvalue weighted by molar-refractivity contribution is 0.0755. The molecule has 0 atom stereocenters. The highest BCUT2D eigenvalue weighted by Gasteiger charge is 2.18. The molecule has 1 saturated heterocycles. The van der Waals surface area contributed by atoms with Crippen molar-refractivity contribution in [3.63, 3.8) is 0 Å². The summed E-state index contributed by atoms with van der Waals surface area (Å²) < 4.78 is 11.3. The highest BCUT2D eigenvalue weighted by molar-refractivity contribution is 5.26. The lowest BCUT2D eigenvalue weighted by Crippen LogP contribution is -2.35. The molecule has 1 N–H and O–H groups in total. The molecule has 1 aromatic heterocycles. The smallest absolute Gasteiger partial charge is 0.290 e. The number of hydrogen-bond acceptors (Lipinski definition) is 4. The number of rotatable bonds is 4. The SMILES string of the molecule is OC1CCN(Cc2ccc(Oc3ccccc3)o2)CC1. The number of piperidine rings is 1. The molecule has 1 aromatic carbocycles. The van der Waals surface area contributed by atoms with E-state index in [2.05, 4.69) is 4.90 Å². The van der Waals surface area contributed by atoms with Gasteiger partial charge in [0.1, 0.15) is 11.5 Å². The number of benzene rings is 1. The molecule has 0 unspecified atom stereocenters. The molecular weight excluding hydrogens is 254 g/mol. The van der Waals surface area contributed by atoms with Gasteiger partial charge in [0.25, 0.3) is 5.95 Å². The summed E-state index contributed by atoms with van der Waals surface area (Å²) in [6.07, 6.45) is 1.54. The van der Waals surface area contributed by atoms with Crippen molar-refractivity contribution in [1.29, 1.82) is 0 Å². The molecule has 4 heteroatoms. The quantitative estimate of drug-likeness (QED) is 0.930. The van der Waals surface area contributed by atoms with Crippen molar-refractivity contribution in [2.45, 2.75) is 25.5 Å². The largest absolute Gasteiger partial charge is 0.429 e. The minimum Gasteiger partial charge on any atom is -0.429 e. The van der Waals surface area contributed by atoms with Crippen molar-refractivity contribution >= 4 is 0 Å². The standard InChI is InChI=1S/C16H19NO3/c18-13-8-10-17(11-9-13)12-15-6-7-16(20-15)19-14-4-2-1-3-5-14/h1-7,13,18H,8-12H2. The number of nitrogens with zero attached hydrogens (tertiary/aromatic N) is 1. The van der Waals surface area contributed by atoms with Crippen LogP contribution in [0.5, 0.6) is 11.7 Å². The van der Waals surface area contributed by atoms with Crippen molar-refractivity contribution in [3.05, 3.63) is 48.2 Å². The van der Waals surface area contributed by atoms with Gasteiger partial charge >= 0.3 is 0 Å². The number of aliphatic hydroxyl groups excluding tert-OH is 1. The van der Waals surface area contributed by atoms with Crippen molar-refractivity contribution in [2.75, 3.05) is 13.1 Å². The van der Waals surface area contributed by atoms with Gasteiger partial charge in [0.2, 0.25) is 0 Å². The van der Waals surface area contributed by atoms with Crippen LogP contribution in [0.1, 0.15) is 18.6 Å². The van der Waals surface area contributed by atoms with Crippen LogP contribution < -0.4 is 4.74 Å². The van der Waals surface area contributed by atoms with E-state index in [0.29, 0.717) is 5.95 Å². The number of hydrogen-bond donors (Lipinski definition) is 1.